The van der Waals surface area contributed by atoms with E-state index in [1.807, 2.05) is 24.1 Å². The molecule has 3 aliphatic rings. The van der Waals surface area contributed by atoms with E-state index in [1.165, 1.54) is 29.3 Å². The van der Waals surface area contributed by atoms with Gasteiger partial charge in [-0.05, 0) is 74.8 Å². The summed E-state index contributed by atoms with van der Waals surface area (Å²) >= 11 is 0. The maximum atomic E-state index is 13.6. The van der Waals surface area contributed by atoms with Crippen LogP contribution in [0.25, 0.3) is 33.5 Å². The van der Waals surface area contributed by atoms with Gasteiger partial charge in [0, 0.05) is 48.7 Å². The normalized spacial score (nSPS) is 23.3. The van der Waals surface area contributed by atoms with E-state index in [9.17, 15) is 4.79 Å². The lowest BCUT2D eigenvalue weighted by molar-refractivity contribution is 0.0700. The van der Waals surface area contributed by atoms with E-state index in [0.717, 1.165) is 54.4 Å². The number of piperidine rings is 1. The standard InChI is InChI=1S/C29H33N5O2/c1-16-4-8-22-19(10-16)12-24(33(22)14-17-5-6-17)28-31-21-11-20(13-25(36-3)27(21)32(28)2)29(35)34-15-18-7-9-23(34)26(18)30/h4,8,10-13,17-18,23,26H,5-7,9,14-15,30H2,1-3H3/t18-,23-,26-/m1/s1. The number of aromatic nitrogens is 3. The highest BCUT2D eigenvalue weighted by Crippen LogP contribution is 2.40. The van der Waals surface area contributed by atoms with E-state index in [0.29, 0.717) is 17.2 Å². The van der Waals surface area contributed by atoms with E-state index in [1.54, 1.807) is 7.11 Å². The van der Waals surface area contributed by atoms with Crippen LogP contribution >= 0.6 is 0 Å². The number of hydrogen-bond donors (Lipinski definition) is 1. The van der Waals surface area contributed by atoms with Crippen LogP contribution in [0.3, 0.4) is 0 Å². The molecule has 0 unspecified atom stereocenters. The van der Waals surface area contributed by atoms with Crippen molar-refractivity contribution in [3.8, 4) is 17.3 Å². The Kier molecular flexibility index (Phi) is 4.77. The number of nitrogens with two attached hydrogens (primary N) is 1. The summed E-state index contributed by atoms with van der Waals surface area (Å²) in [5, 5.41) is 1.24. The van der Waals surface area contributed by atoms with Crippen LogP contribution in [-0.2, 0) is 13.6 Å². The summed E-state index contributed by atoms with van der Waals surface area (Å²) in [5.41, 5.74) is 12.3. The highest BCUT2D eigenvalue weighted by Gasteiger charge is 2.47. The van der Waals surface area contributed by atoms with E-state index in [4.69, 9.17) is 15.5 Å². The first-order valence-corrected chi connectivity index (χ1v) is 13.1. The predicted octanol–water partition coefficient (Wildman–Crippen LogP) is 4.48. The monoisotopic (exact) mass is 483 g/mol. The van der Waals surface area contributed by atoms with Crippen LogP contribution in [0.4, 0.5) is 0 Å². The summed E-state index contributed by atoms with van der Waals surface area (Å²) in [6.07, 6.45) is 4.69. The molecule has 0 radical (unpaired) electrons. The smallest absolute Gasteiger partial charge is 0.254 e. The largest absolute Gasteiger partial charge is 0.494 e. The highest BCUT2D eigenvalue weighted by atomic mass is 16.5. The average Bonchev–Trinajstić information content (AvgIpc) is 3.28. The summed E-state index contributed by atoms with van der Waals surface area (Å²) in [6.45, 7) is 3.89. The Labute approximate surface area is 210 Å². The minimum Gasteiger partial charge on any atom is -0.494 e. The van der Waals surface area contributed by atoms with Gasteiger partial charge in [-0.2, -0.15) is 0 Å². The van der Waals surface area contributed by atoms with Crippen LogP contribution in [0.5, 0.6) is 5.75 Å². The van der Waals surface area contributed by atoms with Crippen LogP contribution in [0.2, 0.25) is 0 Å². The molecule has 1 saturated heterocycles. The SMILES string of the molecule is COc1cc(C(=O)N2C[C@H]3CC[C@@H]2[C@@H]3N)cc2nc(-c3cc4cc(C)ccc4n3CC3CC3)n(C)c12. The maximum Gasteiger partial charge on any atom is 0.254 e. The Hall–Kier alpha value is -3.32. The molecule has 7 nitrogen and oxygen atoms in total. The molecule has 3 fully saturated rings. The highest BCUT2D eigenvalue weighted by molar-refractivity contribution is 6.00. The quantitative estimate of drug-likeness (QED) is 0.454. The Morgan fingerprint density at radius 2 is 1.97 bits per heavy atom. The molecular weight excluding hydrogens is 450 g/mol. The molecule has 2 aromatic heterocycles. The van der Waals surface area contributed by atoms with Gasteiger partial charge in [-0.3, -0.25) is 4.79 Å². The molecule has 186 valence electrons. The van der Waals surface area contributed by atoms with Gasteiger partial charge in [0.15, 0.2) is 5.82 Å². The molecule has 2 aliphatic carbocycles. The van der Waals surface area contributed by atoms with E-state index in [-0.39, 0.29) is 18.0 Å². The summed E-state index contributed by atoms with van der Waals surface area (Å²) in [6, 6.07) is 13.0. The first kappa shape index (κ1) is 21.9. The zero-order valence-electron chi connectivity index (χ0n) is 21.2. The van der Waals surface area contributed by atoms with Crippen LogP contribution in [0.1, 0.15) is 41.6 Å². The van der Waals surface area contributed by atoms with Crippen molar-refractivity contribution in [3.63, 3.8) is 0 Å². The third-order valence-electron chi connectivity index (χ3n) is 8.74. The number of ether oxygens (including phenoxy) is 1. The molecule has 2 aromatic carbocycles. The number of methoxy groups -OCH3 is 1. The Morgan fingerprint density at radius 1 is 1.14 bits per heavy atom. The Balaban J connectivity index is 1.35. The summed E-state index contributed by atoms with van der Waals surface area (Å²) in [7, 11) is 3.70. The molecule has 1 amide bonds. The second kappa shape index (κ2) is 7.84. The Morgan fingerprint density at radius 3 is 2.67 bits per heavy atom. The van der Waals surface area contributed by atoms with Gasteiger partial charge < -0.3 is 24.5 Å². The number of fused-ring (bicyclic) bond motifs is 4. The third-order valence-corrected chi connectivity index (χ3v) is 8.74. The number of imidazole rings is 1. The molecule has 3 heterocycles. The van der Waals surface area contributed by atoms with Gasteiger partial charge in [0.1, 0.15) is 11.3 Å². The zero-order valence-corrected chi connectivity index (χ0v) is 21.2. The number of benzene rings is 2. The van der Waals surface area contributed by atoms with Gasteiger partial charge in [-0.15, -0.1) is 0 Å². The zero-order chi connectivity index (χ0) is 24.7. The third kappa shape index (κ3) is 3.22. The van der Waals surface area contributed by atoms with Crippen molar-refractivity contribution in [2.45, 2.75) is 51.2 Å². The number of rotatable bonds is 5. The molecule has 2 bridgehead atoms. The molecule has 7 rings (SSSR count). The van der Waals surface area contributed by atoms with Crippen LogP contribution in [-0.4, -0.2) is 50.7 Å². The summed E-state index contributed by atoms with van der Waals surface area (Å²) in [4.78, 5) is 20.6. The topological polar surface area (TPSA) is 78.3 Å². The lowest BCUT2D eigenvalue weighted by Gasteiger charge is -2.27. The number of nitrogens with zero attached hydrogens (tertiary/aromatic N) is 4. The number of carbonyl (C=O) groups excluding carboxylic acids is 1. The molecule has 2 N–H and O–H groups in total. The lowest BCUT2D eigenvalue weighted by atomic mass is 10.1. The van der Waals surface area contributed by atoms with E-state index < -0.39 is 0 Å². The molecule has 36 heavy (non-hydrogen) atoms. The molecule has 1 aliphatic heterocycles. The van der Waals surface area contributed by atoms with E-state index in [2.05, 4.69) is 40.3 Å². The Bertz CT molecular complexity index is 1530. The van der Waals surface area contributed by atoms with Crippen molar-refractivity contribution in [2.75, 3.05) is 13.7 Å². The number of hydrogen-bond acceptors (Lipinski definition) is 4. The molecule has 0 spiro atoms. The molecule has 3 atom stereocenters. The lowest BCUT2D eigenvalue weighted by Crippen LogP contribution is -2.41. The summed E-state index contributed by atoms with van der Waals surface area (Å²) < 4.78 is 10.3. The predicted molar refractivity (Wildman–Crippen MR) is 141 cm³/mol. The van der Waals surface area contributed by atoms with Crippen molar-refractivity contribution < 1.29 is 9.53 Å². The average molecular weight is 484 g/mol. The molecule has 4 aromatic rings. The van der Waals surface area contributed by atoms with Crippen molar-refractivity contribution in [3.05, 3.63) is 47.5 Å². The van der Waals surface area contributed by atoms with Crippen molar-refractivity contribution in [2.24, 2.45) is 24.6 Å². The number of likely N-dealkylation sites (tertiary alicyclic amines) is 1. The number of aryl methyl sites for hydroxylation is 2. The summed E-state index contributed by atoms with van der Waals surface area (Å²) in [5.74, 6) is 2.75. The minimum atomic E-state index is 0.0309. The maximum absolute atomic E-state index is 13.6. The van der Waals surface area contributed by atoms with Gasteiger partial charge in [0.05, 0.1) is 18.3 Å². The number of amides is 1. The second-order valence-corrected chi connectivity index (χ2v) is 11.1. The van der Waals surface area contributed by atoms with Crippen LogP contribution < -0.4 is 10.5 Å². The van der Waals surface area contributed by atoms with E-state index >= 15 is 0 Å². The van der Waals surface area contributed by atoms with Gasteiger partial charge in [-0.1, -0.05) is 11.6 Å². The fourth-order valence-corrected chi connectivity index (χ4v) is 6.60. The minimum absolute atomic E-state index is 0.0309. The van der Waals surface area contributed by atoms with Gasteiger partial charge >= 0.3 is 0 Å². The van der Waals surface area contributed by atoms with Gasteiger partial charge in [0.2, 0.25) is 0 Å². The van der Waals surface area contributed by atoms with Crippen LogP contribution in [0.15, 0.2) is 36.4 Å². The second-order valence-electron chi connectivity index (χ2n) is 11.1. The van der Waals surface area contributed by atoms with Crippen LogP contribution in [0, 0.1) is 18.8 Å². The first-order valence-electron chi connectivity index (χ1n) is 13.1. The first-order chi connectivity index (χ1) is 17.4. The van der Waals surface area contributed by atoms with Crippen molar-refractivity contribution in [1.29, 1.82) is 0 Å². The molecular formula is C29H33N5O2. The fraction of sp³-hybridized carbons (Fsp3) is 0.448. The van der Waals surface area contributed by atoms with Gasteiger partial charge in [0.25, 0.3) is 5.91 Å². The molecule has 2 saturated carbocycles. The van der Waals surface area contributed by atoms with Crippen molar-refractivity contribution >= 4 is 27.8 Å². The van der Waals surface area contributed by atoms with Crippen molar-refractivity contribution in [1.82, 2.24) is 19.0 Å². The van der Waals surface area contributed by atoms with Gasteiger partial charge in [-0.25, -0.2) is 4.98 Å². The fourth-order valence-electron chi connectivity index (χ4n) is 6.60. The number of carbonyl (C=O) groups is 1. The molecule has 7 heteroatoms.